The van der Waals surface area contributed by atoms with E-state index in [-0.39, 0.29) is 16.9 Å². The van der Waals surface area contributed by atoms with E-state index in [9.17, 15) is 4.79 Å². The van der Waals surface area contributed by atoms with Crippen LogP contribution in [0.15, 0.2) is 16.9 Å². The number of hydrogen-bond acceptors (Lipinski definition) is 2. The Hall–Kier alpha value is -0.840. The largest absolute Gasteiger partial charge is 0.369 e. The Labute approximate surface area is 89.6 Å². The summed E-state index contributed by atoms with van der Waals surface area (Å²) in [5, 5.41) is 4.26. The predicted octanol–water partition coefficient (Wildman–Crippen LogP) is 1.01. The molecule has 2 N–H and O–H groups in total. The minimum absolute atomic E-state index is 0.0983. The molecule has 4 nitrogen and oxygen atoms in total. The Morgan fingerprint density at radius 3 is 2.64 bits per heavy atom. The molecule has 2 bridgehead atoms. The van der Waals surface area contributed by atoms with E-state index in [2.05, 4.69) is 21.0 Å². The van der Waals surface area contributed by atoms with Crippen molar-refractivity contribution in [3.8, 4) is 0 Å². The van der Waals surface area contributed by atoms with E-state index in [0.717, 1.165) is 23.7 Å². The molecule has 1 aromatic rings. The van der Waals surface area contributed by atoms with E-state index in [0.29, 0.717) is 0 Å². The summed E-state index contributed by atoms with van der Waals surface area (Å²) in [6.07, 6.45) is 6.33. The van der Waals surface area contributed by atoms with Crippen LogP contribution in [0.1, 0.15) is 19.3 Å². The average Bonchev–Trinajstić information content (AvgIpc) is 2.28. The zero-order valence-electron chi connectivity index (χ0n) is 7.53. The third-order valence-corrected chi connectivity index (χ3v) is 3.97. The number of carbonyl (C=O) groups is 1. The first-order chi connectivity index (χ1) is 6.56. The first-order valence-electron chi connectivity index (χ1n) is 4.57. The molecule has 0 spiro atoms. The van der Waals surface area contributed by atoms with Crippen LogP contribution in [0.3, 0.4) is 0 Å². The first-order valence-corrected chi connectivity index (χ1v) is 5.36. The summed E-state index contributed by atoms with van der Waals surface area (Å²) in [7, 11) is 0. The first kappa shape index (κ1) is 8.47. The minimum atomic E-state index is -0.196. The van der Waals surface area contributed by atoms with Gasteiger partial charge < -0.3 is 5.73 Å². The number of nitrogens with two attached hydrogens (primary N) is 1. The summed E-state index contributed by atoms with van der Waals surface area (Å²) >= 11 is 3.36. The summed E-state index contributed by atoms with van der Waals surface area (Å²) in [5.41, 5.74) is 5.24. The van der Waals surface area contributed by atoms with E-state index >= 15 is 0 Å². The average molecular weight is 256 g/mol. The number of primary amides is 1. The Morgan fingerprint density at radius 1 is 1.57 bits per heavy atom. The van der Waals surface area contributed by atoms with Gasteiger partial charge in [0.15, 0.2) is 0 Å². The van der Waals surface area contributed by atoms with Crippen molar-refractivity contribution < 1.29 is 4.79 Å². The number of amides is 1. The third kappa shape index (κ3) is 0.791. The molecule has 1 heterocycles. The van der Waals surface area contributed by atoms with E-state index in [1.807, 2.05) is 10.9 Å². The molecule has 1 amide bonds. The minimum Gasteiger partial charge on any atom is -0.369 e. The maximum absolute atomic E-state index is 11.1. The zero-order valence-corrected chi connectivity index (χ0v) is 9.12. The van der Waals surface area contributed by atoms with Crippen molar-refractivity contribution in [2.75, 3.05) is 0 Å². The van der Waals surface area contributed by atoms with Crippen LogP contribution in [0.4, 0.5) is 0 Å². The maximum Gasteiger partial charge on any atom is 0.223 e. The molecule has 0 radical (unpaired) electrons. The van der Waals surface area contributed by atoms with Gasteiger partial charge in [0.05, 0.1) is 21.6 Å². The SMILES string of the molecule is NC(=O)C12CC(n3cc(Br)cn3)(C1)C2. The molecule has 3 fully saturated rings. The van der Waals surface area contributed by atoms with Crippen LogP contribution in [-0.2, 0) is 10.3 Å². The number of rotatable bonds is 2. The lowest BCUT2D eigenvalue weighted by Crippen LogP contribution is -2.72. The van der Waals surface area contributed by atoms with Gasteiger partial charge in [-0.1, -0.05) is 0 Å². The fourth-order valence-electron chi connectivity index (χ4n) is 2.80. The second kappa shape index (κ2) is 2.21. The Balaban J connectivity index is 1.84. The molecule has 5 heteroatoms. The summed E-state index contributed by atoms with van der Waals surface area (Å²) in [4.78, 5) is 11.1. The lowest BCUT2D eigenvalue weighted by Gasteiger charge is -2.68. The number of halogens is 1. The summed E-state index contributed by atoms with van der Waals surface area (Å²) in [6, 6.07) is 0. The molecule has 0 aromatic carbocycles. The zero-order chi connectivity index (χ0) is 9.97. The van der Waals surface area contributed by atoms with E-state index in [4.69, 9.17) is 5.73 Å². The van der Waals surface area contributed by atoms with Crippen molar-refractivity contribution in [2.45, 2.75) is 24.8 Å². The maximum atomic E-state index is 11.1. The van der Waals surface area contributed by atoms with Gasteiger partial charge in [0.2, 0.25) is 5.91 Å². The molecule has 3 aliphatic rings. The molecule has 74 valence electrons. The lowest BCUT2D eigenvalue weighted by atomic mass is 9.39. The van der Waals surface area contributed by atoms with Crippen molar-refractivity contribution >= 4 is 21.8 Å². The normalized spacial score (nSPS) is 38.6. The highest BCUT2D eigenvalue weighted by atomic mass is 79.9. The fourth-order valence-corrected chi connectivity index (χ4v) is 3.08. The van der Waals surface area contributed by atoms with E-state index in [1.54, 1.807) is 6.20 Å². The van der Waals surface area contributed by atoms with Gasteiger partial charge in [0.25, 0.3) is 0 Å². The molecule has 0 aliphatic heterocycles. The Morgan fingerprint density at radius 2 is 2.21 bits per heavy atom. The van der Waals surface area contributed by atoms with Gasteiger partial charge in [0, 0.05) is 6.20 Å². The molecule has 0 unspecified atom stereocenters. The standard InChI is InChI=1S/C9H10BrN3O/c10-6-1-12-13(2-6)9-3-8(4-9,5-9)7(11)14/h1-2H,3-5H2,(H2,11,14). The number of nitrogens with zero attached hydrogens (tertiary/aromatic N) is 2. The van der Waals surface area contributed by atoms with Crippen LogP contribution >= 0.6 is 15.9 Å². The number of hydrogen-bond donors (Lipinski definition) is 1. The second-order valence-corrected chi connectivity index (χ2v) is 5.42. The summed E-state index contributed by atoms with van der Waals surface area (Å²) < 4.78 is 2.94. The molecular formula is C9H10BrN3O. The Kier molecular flexibility index (Phi) is 1.34. The third-order valence-electron chi connectivity index (χ3n) is 3.56. The van der Waals surface area contributed by atoms with Crippen molar-refractivity contribution in [1.29, 1.82) is 0 Å². The highest BCUT2D eigenvalue weighted by Crippen LogP contribution is 2.71. The van der Waals surface area contributed by atoms with Crippen LogP contribution in [-0.4, -0.2) is 15.7 Å². The molecule has 0 saturated heterocycles. The second-order valence-electron chi connectivity index (χ2n) is 4.50. The molecule has 14 heavy (non-hydrogen) atoms. The molecule has 3 aliphatic carbocycles. The Bertz CT molecular complexity index is 406. The predicted molar refractivity (Wildman–Crippen MR) is 53.4 cm³/mol. The topological polar surface area (TPSA) is 60.9 Å². The van der Waals surface area contributed by atoms with E-state index < -0.39 is 0 Å². The molecule has 1 aromatic heterocycles. The van der Waals surface area contributed by atoms with Gasteiger partial charge in [-0.05, 0) is 35.2 Å². The van der Waals surface area contributed by atoms with Crippen LogP contribution in [0.25, 0.3) is 0 Å². The van der Waals surface area contributed by atoms with Crippen molar-refractivity contribution in [3.63, 3.8) is 0 Å². The monoisotopic (exact) mass is 255 g/mol. The van der Waals surface area contributed by atoms with Gasteiger partial charge in [-0.2, -0.15) is 5.10 Å². The van der Waals surface area contributed by atoms with Crippen molar-refractivity contribution in [2.24, 2.45) is 11.1 Å². The molecule has 3 saturated carbocycles. The van der Waals surface area contributed by atoms with Crippen LogP contribution in [0.2, 0.25) is 0 Å². The van der Waals surface area contributed by atoms with Crippen LogP contribution in [0, 0.1) is 5.41 Å². The summed E-state index contributed by atoms with van der Waals surface area (Å²) in [6.45, 7) is 0. The van der Waals surface area contributed by atoms with Crippen molar-refractivity contribution in [1.82, 2.24) is 9.78 Å². The highest BCUT2D eigenvalue weighted by molar-refractivity contribution is 9.10. The highest BCUT2D eigenvalue weighted by Gasteiger charge is 2.72. The van der Waals surface area contributed by atoms with Gasteiger partial charge in [-0.15, -0.1) is 0 Å². The van der Waals surface area contributed by atoms with E-state index in [1.165, 1.54) is 0 Å². The van der Waals surface area contributed by atoms with Crippen molar-refractivity contribution in [3.05, 3.63) is 16.9 Å². The summed E-state index contributed by atoms with van der Waals surface area (Å²) in [5.74, 6) is -0.148. The fraction of sp³-hybridized carbons (Fsp3) is 0.556. The number of aromatic nitrogens is 2. The van der Waals surface area contributed by atoms with Gasteiger partial charge in [0.1, 0.15) is 0 Å². The van der Waals surface area contributed by atoms with Crippen LogP contribution in [0.5, 0.6) is 0 Å². The van der Waals surface area contributed by atoms with Gasteiger partial charge in [-0.25, -0.2) is 0 Å². The quantitative estimate of drug-likeness (QED) is 0.858. The smallest absolute Gasteiger partial charge is 0.223 e. The van der Waals surface area contributed by atoms with Gasteiger partial charge in [-0.3, -0.25) is 9.48 Å². The molecule has 4 rings (SSSR count). The lowest BCUT2D eigenvalue weighted by molar-refractivity contribution is -0.197. The molecular weight excluding hydrogens is 246 g/mol. The van der Waals surface area contributed by atoms with Crippen LogP contribution < -0.4 is 5.73 Å². The molecule has 0 atom stereocenters. The van der Waals surface area contributed by atoms with Gasteiger partial charge >= 0.3 is 0 Å². The number of carbonyl (C=O) groups excluding carboxylic acids is 1.